The molecule has 3 rings (SSSR count). The average molecular weight is 452 g/mol. The second-order valence-corrected chi connectivity index (χ2v) is 7.95. The smallest absolute Gasteiger partial charge is 0.243 e. The summed E-state index contributed by atoms with van der Waals surface area (Å²) in [4.78, 5) is 26.8. The number of nitrogens with zero attached hydrogens (tertiary/aromatic N) is 1. The minimum Gasteiger partial charge on any atom is -0.391 e. The molecule has 1 aliphatic heterocycles. The Morgan fingerprint density at radius 1 is 1.19 bits per heavy atom. The van der Waals surface area contributed by atoms with Gasteiger partial charge in [-0.2, -0.15) is 0 Å². The summed E-state index contributed by atoms with van der Waals surface area (Å²) in [5.41, 5.74) is 1.77. The zero-order valence-electron chi connectivity index (χ0n) is 14.6. The number of carbonyl (C=O) groups is 2. The van der Waals surface area contributed by atoms with Gasteiger partial charge in [-0.3, -0.25) is 9.59 Å². The third kappa shape index (κ3) is 5.31. The third-order valence-corrected chi connectivity index (χ3v) is 5.27. The van der Waals surface area contributed by atoms with Crippen molar-refractivity contribution in [1.29, 1.82) is 0 Å². The van der Waals surface area contributed by atoms with Crippen molar-refractivity contribution in [2.75, 3.05) is 6.54 Å². The number of amides is 2. The summed E-state index contributed by atoms with van der Waals surface area (Å²) in [5.74, 6) is -0.430. The summed E-state index contributed by atoms with van der Waals surface area (Å²) in [6.07, 6.45) is -0.258. The molecule has 0 aromatic heterocycles. The van der Waals surface area contributed by atoms with Crippen LogP contribution >= 0.6 is 27.5 Å². The fourth-order valence-corrected chi connectivity index (χ4v) is 3.74. The van der Waals surface area contributed by atoms with E-state index < -0.39 is 12.1 Å². The molecule has 142 valence electrons. The summed E-state index contributed by atoms with van der Waals surface area (Å²) in [6.45, 7) is 0.516. The van der Waals surface area contributed by atoms with Crippen molar-refractivity contribution in [2.24, 2.45) is 0 Å². The average Bonchev–Trinajstić information content (AvgIpc) is 3.03. The van der Waals surface area contributed by atoms with E-state index in [0.717, 1.165) is 15.6 Å². The number of carbonyl (C=O) groups excluding carboxylic acids is 2. The molecule has 27 heavy (non-hydrogen) atoms. The monoisotopic (exact) mass is 450 g/mol. The number of hydrogen-bond donors (Lipinski definition) is 2. The first-order chi connectivity index (χ1) is 12.9. The molecule has 1 aliphatic rings. The van der Waals surface area contributed by atoms with Gasteiger partial charge in [0.05, 0.1) is 12.5 Å². The van der Waals surface area contributed by atoms with E-state index in [0.29, 0.717) is 11.6 Å². The number of β-amino-alcohol motifs (C(OH)–C–C–N with tert-alkyl or cyclic N) is 1. The van der Waals surface area contributed by atoms with E-state index in [4.69, 9.17) is 11.6 Å². The van der Waals surface area contributed by atoms with Gasteiger partial charge >= 0.3 is 0 Å². The van der Waals surface area contributed by atoms with Crippen LogP contribution in [0.4, 0.5) is 0 Å². The van der Waals surface area contributed by atoms with Crippen molar-refractivity contribution in [3.05, 3.63) is 69.2 Å². The van der Waals surface area contributed by atoms with Gasteiger partial charge in [-0.25, -0.2) is 0 Å². The molecule has 5 nitrogen and oxygen atoms in total. The highest BCUT2D eigenvalue weighted by Crippen LogP contribution is 2.21. The summed E-state index contributed by atoms with van der Waals surface area (Å²) < 4.78 is 0.895. The van der Waals surface area contributed by atoms with Crippen LogP contribution in [-0.2, 0) is 22.6 Å². The fourth-order valence-electron chi connectivity index (χ4n) is 3.17. The highest BCUT2D eigenvalue weighted by atomic mass is 79.9. The number of hydrogen-bond acceptors (Lipinski definition) is 3. The Morgan fingerprint density at radius 2 is 1.93 bits per heavy atom. The molecular formula is C20H20BrClN2O3. The molecule has 2 aromatic carbocycles. The molecule has 1 fully saturated rings. The fraction of sp³-hybridized carbons (Fsp3) is 0.300. The normalized spacial score (nSPS) is 19.1. The van der Waals surface area contributed by atoms with Gasteiger partial charge < -0.3 is 15.3 Å². The predicted octanol–water partition coefficient (Wildman–Crippen LogP) is 2.92. The van der Waals surface area contributed by atoms with Crippen LogP contribution in [0.3, 0.4) is 0 Å². The van der Waals surface area contributed by atoms with Crippen LogP contribution < -0.4 is 5.32 Å². The van der Waals surface area contributed by atoms with Gasteiger partial charge in [-0.15, -0.1) is 0 Å². The number of halogens is 2. The molecule has 2 N–H and O–H groups in total. The standard InChI is InChI=1S/C20H20BrClN2O3/c21-15-3-1-2-14(8-15)9-19(26)24-12-17(25)10-18(24)20(27)23-11-13-4-6-16(22)7-5-13/h1-8,17-18,25H,9-12H2,(H,23,27)/t17-,18+/m1/s1. The van der Waals surface area contributed by atoms with Crippen molar-refractivity contribution in [3.63, 3.8) is 0 Å². The molecule has 1 heterocycles. The lowest BCUT2D eigenvalue weighted by molar-refractivity contribution is -0.138. The van der Waals surface area contributed by atoms with Gasteiger partial charge in [0, 0.05) is 29.0 Å². The maximum atomic E-state index is 12.7. The van der Waals surface area contributed by atoms with Crippen LogP contribution in [0.25, 0.3) is 0 Å². The van der Waals surface area contributed by atoms with Crippen molar-refractivity contribution in [3.8, 4) is 0 Å². The van der Waals surface area contributed by atoms with Gasteiger partial charge in [-0.05, 0) is 35.4 Å². The van der Waals surface area contributed by atoms with E-state index in [1.165, 1.54) is 4.90 Å². The minimum atomic E-state index is -0.692. The molecule has 0 unspecified atom stereocenters. The Bertz CT molecular complexity index is 828. The van der Waals surface area contributed by atoms with E-state index in [2.05, 4.69) is 21.2 Å². The molecule has 0 bridgehead atoms. The predicted molar refractivity (Wildman–Crippen MR) is 107 cm³/mol. The number of likely N-dealkylation sites (tertiary alicyclic amines) is 1. The molecule has 1 saturated heterocycles. The van der Waals surface area contributed by atoms with Gasteiger partial charge in [0.1, 0.15) is 6.04 Å². The van der Waals surface area contributed by atoms with Gasteiger partial charge in [0.15, 0.2) is 0 Å². The summed E-state index contributed by atoms with van der Waals surface area (Å²) >= 11 is 9.25. The summed E-state index contributed by atoms with van der Waals surface area (Å²) in [5, 5.41) is 13.5. The molecule has 0 spiro atoms. The zero-order chi connectivity index (χ0) is 19.4. The van der Waals surface area contributed by atoms with Crippen LogP contribution in [0.5, 0.6) is 0 Å². The van der Waals surface area contributed by atoms with Crippen molar-refractivity contribution >= 4 is 39.3 Å². The maximum absolute atomic E-state index is 12.7. The van der Waals surface area contributed by atoms with Crippen LogP contribution in [-0.4, -0.2) is 40.5 Å². The molecule has 0 aliphatic carbocycles. The Hall–Kier alpha value is -1.89. The first-order valence-corrected chi connectivity index (χ1v) is 9.83. The third-order valence-electron chi connectivity index (χ3n) is 4.53. The number of nitrogens with one attached hydrogen (secondary N) is 1. The van der Waals surface area contributed by atoms with Crippen molar-refractivity contribution < 1.29 is 14.7 Å². The van der Waals surface area contributed by atoms with E-state index in [-0.39, 0.29) is 31.2 Å². The highest BCUT2D eigenvalue weighted by molar-refractivity contribution is 9.10. The minimum absolute atomic E-state index is 0.170. The van der Waals surface area contributed by atoms with Crippen LogP contribution in [0, 0.1) is 0 Å². The van der Waals surface area contributed by atoms with E-state index in [1.807, 2.05) is 36.4 Å². The Balaban J connectivity index is 1.63. The second-order valence-electron chi connectivity index (χ2n) is 6.60. The Labute approximate surface area is 171 Å². The van der Waals surface area contributed by atoms with Crippen LogP contribution in [0.2, 0.25) is 5.02 Å². The quantitative estimate of drug-likeness (QED) is 0.734. The largest absolute Gasteiger partial charge is 0.391 e. The molecule has 2 aromatic rings. The summed E-state index contributed by atoms with van der Waals surface area (Å²) in [7, 11) is 0. The molecular weight excluding hydrogens is 432 g/mol. The SMILES string of the molecule is O=C(NCc1ccc(Cl)cc1)[C@@H]1C[C@@H](O)CN1C(=O)Cc1cccc(Br)c1. The van der Waals surface area contributed by atoms with Gasteiger partial charge in [-0.1, -0.05) is 51.8 Å². The molecule has 2 atom stereocenters. The lowest BCUT2D eigenvalue weighted by Crippen LogP contribution is -2.46. The molecule has 0 saturated carbocycles. The number of aliphatic hydroxyl groups is 1. The molecule has 0 radical (unpaired) electrons. The van der Waals surface area contributed by atoms with Crippen LogP contribution in [0.1, 0.15) is 17.5 Å². The first-order valence-electron chi connectivity index (χ1n) is 8.66. The van der Waals surface area contributed by atoms with E-state index >= 15 is 0 Å². The molecule has 2 amide bonds. The van der Waals surface area contributed by atoms with Crippen LogP contribution in [0.15, 0.2) is 53.0 Å². The van der Waals surface area contributed by atoms with Crippen molar-refractivity contribution in [2.45, 2.75) is 31.5 Å². The van der Waals surface area contributed by atoms with Gasteiger partial charge in [0.2, 0.25) is 11.8 Å². The van der Waals surface area contributed by atoms with E-state index in [9.17, 15) is 14.7 Å². The number of aliphatic hydroxyl groups excluding tert-OH is 1. The Morgan fingerprint density at radius 3 is 2.63 bits per heavy atom. The first kappa shape index (κ1) is 19.9. The summed E-state index contributed by atoms with van der Waals surface area (Å²) in [6, 6.07) is 14.0. The lowest BCUT2D eigenvalue weighted by Gasteiger charge is -2.24. The zero-order valence-corrected chi connectivity index (χ0v) is 16.9. The molecule has 7 heteroatoms. The highest BCUT2D eigenvalue weighted by Gasteiger charge is 2.38. The van der Waals surface area contributed by atoms with Crippen molar-refractivity contribution in [1.82, 2.24) is 10.2 Å². The Kier molecular flexibility index (Phi) is 6.52. The maximum Gasteiger partial charge on any atom is 0.243 e. The topological polar surface area (TPSA) is 69.6 Å². The second kappa shape index (κ2) is 8.87. The number of rotatable bonds is 5. The lowest BCUT2D eigenvalue weighted by atomic mass is 10.1. The number of benzene rings is 2. The van der Waals surface area contributed by atoms with E-state index in [1.54, 1.807) is 12.1 Å². The van der Waals surface area contributed by atoms with Gasteiger partial charge in [0.25, 0.3) is 0 Å².